The van der Waals surface area contributed by atoms with Crippen LogP contribution in [0.1, 0.15) is 27.3 Å². The van der Waals surface area contributed by atoms with E-state index in [1.165, 1.54) is 0 Å². The first-order valence-electron chi connectivity index (χ1n) is 8.12. The molecular weight excluding hydrogens is 354 g/mol. The number of aromatic nitrogens is 4. The Morgan fingerprint density at radius 1 is 1.19 bits per heavy atom. The minimum Gasteiger partial charge on any atom is -0.471 e. The molecule has 0 aliphatic heterocycles. The average Bonchev–Trinajstić information content (AvgIpc) is 3.24. The van der Waals surface area contributed by atoms with Gasteiger partial charge in [0.05, 0.1) is 12.2 Å². The number of hydrogen-bond donors (Lipinski definition) is 1. The zero-order valence-corrected chi connectivity index (χ0v) is 15.6. The molecule has 3 rings (SSSR count). The molecule has 0 unspecified atom stereocenters. The molecule has 2 heterocycles. The van der Waals surface area contributed by atoms with E-state index in [9.17, 15) is 4.79 Å². The molecule has 0 fully saturated rings. The summed E-state index contributed by atoms with van der Waals surface area (Å²) in [6.07, 6.45) is 3.53. The van der Waals surface area contributed by atoms with Gasteiger partial charge in [-0.3, -0.25) is 9.48 Å². The third-order valence-corrected chi connectivity index (χ3v) is 4.44. The van der Waals surface area contributed by atoms with E-state index < -0.39 is 0 Å². The molecule has 1 amide bonds. The summed E-state index contributed by atoms with van der Waals surface area (Å²) in [6, 6.07) is 7.25. The maximum absolute atomic E-state index is 12.2. The van der Waals surface area contributed by atoms with Crippen molar-refractivity contribution in [2.45, 2.75) is 27.1 Å². The minimum absolute atomic E-state index is 0.202. The fraction of sp³-hybridized carbons (Fsp3) is 0.278. The van der Waals surface area contributed by atoms with Gasteiger partial charge in [-0.05, 0) is 49.2 Å². The van der Waals surface area contributed by atoms with Crippen molar-refractivity contribution in [3.63, 3.8) is 0 Å². The van der Waals surface area contributed by atoms with E-state index in [1.807, 2.05) is 45.3 Å². The van der Waals surface area contributed by atoms with Gasteiger partial charge in [0.15, 0.2) is 6.73 Å². The lowest BCUT2D eigenvalue weighted by molar-refractivity contribution is 0.0943. The summed E-state index contributed by atoms with van der Waals surface area (Å²) in [4.78, 5) is 12.2. The quantitative estimate of drug-likeness (QED) is 0.721. The van der Waals surface area contributed by atoms with Gasteiger partial charge in [-0.15, -0.1) is 0 Å². The number of halogens is 1. The molecule has 26 heavy (non-hydrogen) atoms. The van der Waals surface area contributed by atoms with Crippen LogP contribution in [0.25, 0.3) is 0 Å². The van der Waals surface area contributed by atoms with Crippen LogP contribution in [0.3, 0.4) is 0 Å². The summed E-state index contributed by atoms with van der Waals surface area (Å²) in [5.74, 6) is 0.452. The third kappa shape index (κ3) is 4.23. The molecule has 0 aliphatic carbocycles. The van der Waals surface area contributed by atoms with Crippen molar-refractivity contribution < 1.29 is 9.53 Å². The number of benzene rings is 1. The Kier molecular flexibility index (Phi) is 5.27. The van der Waals surface area contributed by atoms with E-state index in [0.29, 0.717) is 18.0 Å². The molecule has 1 N–H and O–H groups in total. The number of nitrogens with zero attached hydrogens (tertiary/aromatic N) is 4. The fourth-order valence-corrected chi connectivity index (χ4v) is 2.61. The second kappa shape index (κ2) is 7.61. The highest BCUT2D eigenvalue weighted by Gasteiger charge is 2.10. The van der Waals surface area contributed by atoms with Crippen LogP contribution in [0.4, 0.5) is 0 Å². The highest BCUT2D eigenvalue weighted by Crippen LogP contribution is 2.25. The summed E-state index contributed by atoms with van der Waals surface area (Å²) >= 11 is 6.16. The lowest BCUT2D eigenvalue weighted by Crippen LogP contribution is -2.24. The maximum Gasteiger partial charge on any atom is 0.272 e. The molecule has 2 aromatic heterocycles. The smallest absolute Gasteiger partial charge is 0.272 e. The lowest BCUT2D eigenvalue weighted by Gasteiger charge is -2.10. The van der Waals surface area contributed by atoms with Crippen LogP contribution in [0, 0.1) is 13.8 Å². The van der Waals surface area contributed by atoms with Gasteiger partial charge in [-0.2, -0.15) is 10.2 Å². The zero-order valence-electron chi connectivity index (χ0n) is 14.9. The van der Waals surface area contributed by atoms with Gasteiger partial charge >= 0.3 is 0 Å². The molecule has 0 saturated heterocycles. The first kappa shape index (κ1) is 18.0. The maximum atomic E-state index is 12.2. The first-order chi connectivity index (χ1) is 12.4. The standard InChI is InChI=1S/C18H20ClN5O2/c1-12-8-15(9-13(2)17(12)19)26-11-24-7-5-16(22-24)18(25)20-10-14-4-6-23(3)21-14/h4-9H,10-11H2,1-3H3,(H,20,25). The van der Waals surface area contributed by atoms with Gasteiger partial charge in [0.25, 0.3) is 5.91 Å². The largest absolute Gasteiger partial charge is 0.471 e. The first-order valence-corrected chi connectivity index (χ1v) is 8.50. The summed E-state index contributed by atoms with van der Waals surface area (Å²) in [5.41, 5.74) is 3.03. The van der Waals surface area contributed by atoms with Crippen molar-refractivity contribution in [1.29, 1.82) is 0 Å². The number of hydrogen-bond acceptors (Lipinski definition) is 4. The minimum atomic E-state index is -0.257. The molecule has 0 saturated carbocycles. The van der Waals surface area contributed by atoms with E-state index in [0.717, 1.165) is 21.8 Å². The number of ether oxygens (including phenoxy) is 1. The van der Waals surface area contributed by atoms with Crippen molar-refractivity contribution in [3.05, 3.63) is 64.2 Å². The van der Waals surface area contributed by atoms with Gasteiger partial charge in [0.2, 0.25) is 0 Å². The van der Waals surface area contributed by atoms with Crippen molar-refractivity contribution in [2.75, 3.05) is 0 Å². The van der Waals surface area contributed by atoms with Gasteiger partial charge in [-0.1, -0.05) is 11.6 Å². The Hall–Kier alpha value is -2.80. The van der Waals surface area contributed by atoms with E-state index in [2.05, 4.69) is 15.5 Å². The van der Waals surface area contributed by atoms with E-state index in [1.54, 1.807) is 21.6 Å². The average molecular weight is 374 g/mol. The predicted molar refractivity (Wildman–Crippen MR) is 98.2 cm³/mol. The number of carbonyl (C=O) groups is 1. The molecule has 0 aliphatic rings. The van der Waals surface area contributed by atoms with Crippen LogP contribution in [0.2, 0.25) is 5.02 Å². The topological polar surface area (TPSA) is 74.0 Å². The van der Waals surface area contributed by atoms with E-state index in [-0.39, 0.29) is 12.6 Å². The van der Waals surface area contributed by atoms with Crippen LogP contribution in [0.15, 0.2) is 36.7 Å². The summed E-state index contributed by atoms with van der Waals surface area (Å²) in [6.45, 7) is 4.42. The molecule has 1 aromatic carbocycles. The summed E-state index contributed by atoms with van der Waals surface area (Å²) in [5, 5.41) is 12.0. The Morgan fingerprint density at radius 3 is 2.58 bits per heavy atom. The van der Waals surface area contributed by atoms with Gasteiger partial charge in [0, 0.05) is 24.5 Å². The molecule has 136 valence electrons. The number of aryl methyl sites for hydroxylation is 3. The van der Waals surface area contributed by atoms with Crippen LogP contribution in [-0.4, -0.2) is 25.5 Å². The van der Waals surface area contributed by atoms with Crippen LogP contribution >= 0.6 is 11.6 Å². The van der Waals surface area contributed by atoms with Gasteiger partial charge in [-0.25, -0.2) is 4.68 Å². The van der Waals surface area contributed by atoms with Crippen molar-refractivity contribution in [3.8, 4) is 5.75 Å². The lowest BCUT2D eigenvalue weighted by atomic mass is 10.1. The predicted octanol–water partition coefficient (Wildman–Crippen LogP) is 2.85. The normalized spacial score (nSPS) is 10.8. The van der Waals surface area contributed by atoms with Gasteiger partial charge < -0.3 is 10.1 Å². The van der Waals surface area contributed by atoms with Crippen LogP contribution in [-0.2, 0) is 20.3 Å². The van der Waals surface area contributed by atoms with Crippen LogP contribution < -0.4 is 10.1 Å². The molecule has 3 aromatic rings. The molecule has 0 bridgehead atoms. The Labute approximate surface area is 156 Å². The molecule has 0 atom stereocenters. The highest BCUT2D eigenvalue weighted by molar-refractivity contribution is 6.32. The Bertz CT molecular complexity index is 908. The van der Waals surface area contributed by atoms with Crippen molar-refractivity contribution in [1.82, 2.24) is 24.9 Å². The van der Waals surface area contributed by atoms with Crippen molar-refractivity contribution >= 4 is 17.5 Å². The van der Waals surface area contributed by atoms with Crippen molar-refractivity contribution in [2.24, 2.45) is 7.05 Å². The van der Waals surface area contributed by atoms with E-state index in [4.69, 9.17) is 16.3 Å². The molecule has 0 radical (unpaired) electrons. The molecule has 7 nitrogen and oxygen atoms in total. The molecular formula is C18H20ClN5O2. The highest BCUT2D eigenvalue weighted by atomic mass is 35.5. The second-order valence-corrected chi connectivity index (χ2v) is 6.43. The molecule has 8 heteroatoms. The van der Waals surface area contributed by atoms with Gasteiger partial charge in [0.1, 0.15) is 11.4 Å². The van der Waals surface area contributed by atoms with E-state index >= 15 is 0 Å². The number of amides is 1. The number of nitrogens with one attached hydrogen (secondary N) is 1. The third-order valence-electron chi connectivity index (χ3n) is 3.85. The summed E-state index contributed by atoms with van der Waals surface area (Å²) < 4.78 is 8.98. The Morgan fingerprint density at radius 2 is 1.92 bits per heavy atom. The number of rotatable bonds is 6. The monoisotopic (exact) mass is 373 g/mol. The molecule has 0 spiro atoms. The SMILES string of the molecule is Cc1cc(OCn2ccc(C(=O)NCc3ccn(C)n3)n2)cc(C)c1Cl. The fourth-order valence-electron chi connectivity index (χ4n) is 2.50. The Balaban J connectivity index is 1.56. The second-order valence-electron chi connectivity index (χ2n) is 6.05. The summed E-state index contributed by atoms with van der Waals surface area (Å²) in [7, 11) is 1.83. The number of carbonyl (C=O) groups excluding carboxylic acids is 1. The zero-order chi connectivity index (χ0) is 18.7. The van der Waals surface area contributed by atoms with Crippen LogP contribution in [0.5, 0.6) is 5.75 Å².